The molecule has 1 N–H and O–H groups in total. The van der Waals surface area contributed by atoms with Crippen LogP contribution in [0, 0.1) is 11.8 Å². The van der Waals surface area contributed by atoms with E-state index < -0.39 is 0 Å². The molecule has 1 aliphatic carbocycles. The number of carbonyl (C=O) groups is 2. The van der Waals surface area contributed by atoms with Crippen molar-refractivity contribution in [3.8, 4) is 0 Å². The van der Waals surface area contributed by atoms with Crippen LogP contribution in [0.25, 0.3) is 0 Å². The summed E-state index contributed by atoms with van der Waals surface area (Å²) in [7, 11) is 1.41. The molecule has 28 heavy (non-hydrogen) atoms. The third kappa shape index (κ3) is 4.43. The molecule has 1 aromatic heterocycles. The molecule has 0 unspecified atom stereocenters. The summed E-state index contributed by atoms with van der Waals surface area (Å²) in [6.45, 7) is 8.29. The van der Waals surface area contributed by atoms with Crippen LogP contribution in [0.5, 0.6) is 0 Å². The topological polar surface area (TPSA) is 63.6 Å². The first-order valence-corrected chi connectivity index (χ1v) is 10.7. The van der Waals surface area contributed by atoms with Crippen molar-refractivity contribution in [2.24, 2.45) is 11.8 Å². The minimum Gasteiger partial charge on any atom is -0.464 e. The molecule has 1 aliphatic heterocycles. The third-order valence-electron chi connectivity index (χ3n) is 7.03. The van der Waals surface area contributed by atoms with E-state index in [0.29, 0.717) is 23.6 Å². The molecule has 0 radical (unpaired) electrons. The molecule has 1 saturated heterocycles. The van der Waals surface area contributed by atoms with Crippen LogP contribution in [-0.2, 0) is 9.53 Å². The molecule has 1 amide bonds. The highest BCUT2D eigenvalue weighted by Gasteiger charge is 2.32. The minimum absolute atomic E-state index is 0.116. The molecular weight excluding hydrogens is 354 g/mol. The first-order valence-electron chi connectivity index (χ1n) is 10.7. The molecule has 3 rings (SSSR count). The van der Waals surface area contributed by atoms with Gasteiger partial charge in [0.15, 0.2) is 0 Å². The maximum absolute atomic E-state index is 12.8. The Balaban J connectivity index is 1.54. The highest BCUT2D eigenvalue weighted by molar-refractivity contribution is 5.87. The average molecular weight is 390 g/mol. The number of rotatable bonds is 5. The second-order valence-corrected chi connectivity index (χ2v) is 8.62. The number of hydrogen-bond donors (Lipinski definition) is 1. The number of methoxy groups -OCH3 is 1. The van der Waals surface area contributed by atoms with Gasteiger partial charge in [-0.3, -0.25) is 9.69 Å². The van der Waals surface area contributed by atoms with Crippen LogP contribution in [-0.4, -0.2) is 53.6 Å². The van der Waals surface area contributed by atoms with Crippen molar-refractivity contribution >= 4 is 11.9 Å². The summed E-state index contributed by atoms with van der Waals surface area (Å²) in [5.74, 6) is 1.08. The van der Waals surface area contributed by atoms with Gasteiger partial charge in [-0.1, -0.05) is 26.7 Å². The summed E-state index contributed by atoms with van der Waals surface area (Å²) in [5.41, 5.74) is 0.604. The number of piperidine rings is 1. The fourth-order valence-corrected chi connectivity index (χ4v) is 4.80. The zero-order valence-corrected chi connectivity index (χ0v) is 17.7. The lowest BCUT2D eigenvalue weighted by Gasteiger charge is -2.39. The van der Waals surface area contributed by atoms with E-state index in [1.807, 2.05) is 23.8 Å². The number of hydrogen-bond acceptors (Lipinski definition) is 4. The van der Waals surface area contributed by atoms with Gasteiger partial charge in [0.25, 0.3) is 0 Å². The van der Waals surface area contributed by atoms with E-state index in [2.05, 4.69) is 24.1 Å². The van der Waals surface area contributed by atoms with Crippen molar-refractivity contribution in [2.45, 2.75) is 71.0 Å². The van der Waals surface area contributed by atoms with Gasteiger partial charge in [-0.05, 0) is 50.2 Å². The fourth-order valence-electron chi connectivity index (χ4n) is 4.80. The average Bonchev–Trinajstić information content (AvgIpc) is 3.20. The number of nitrogens with one attached hydrogen (secondary N) is 1. The predicted molar refractivity (Wildman–Crippen MR) is 109 cm³/mol. The molecule has 4 atom stereocenters. The van der Waals surface area contributed by atoms with Crippen molar-refractivity contribution in [3.05, 3.63) is 24.0 Å². The van der Waals surface area contributed by atoms with Gasteiger partial charge in [0, 0.05) is 31.4 Å². The Kier molecular flexibility index (Phi) is 6.81. The van der Waals surface area contributed by atoms with E-state index in [-0.39, 0.29) is 24.0 Å². The zero-order chi connectivity index (χ0) is 20.3. The maximum atomic E-state index is 12.8. The molecule has 6 heteroatoms. The highest BCUT2D eigenvalue weighted by Crippen LogP contribution is 2.30. The van der Waals surface area contributed by atoms with Crippen LogP contribution in [0.2, 0.25) is 0 Å². The lowest BCUT2D eigenvalue weighted by atomic mass is 9.78. The van der Waals surface area contributed by atoms with E-state index in [1.165, 1.54) is 20.0 Å². The van der Waals surface area contributed by atoms with Gasteiger partial charge in [-0.2, -0.15) is 0 Å². The number of nitrogens with zero attached hydrogens (tertiary/aromatic N) is 2. The van der Waals surface area contributed by atoms with Crippen LogP contribution in [0.3, 0.4) is 0 Å². The van der Waals surface area contributed by atoms with Gasteiger partial charge >= 0.3 is 5.97 Å². The highest BCUT2D eigenvalue weighted by atomic mass is 16.5. The van der Waals surface area contributed by atoms with Crippen molar-refractivity contribution in [1.82, 2.24) is 14.8 Å². The zero-order valence-electron chi connectivity index (χ0n) is 17.7. The number of esters is 1. The normalized spacial score (nSPS) is 27.9. The van der Waals surface area contributed by atoms with Gasteiger partial charge in [0.1, 0.15) is 5.69 Å². The molecule has 156 valence electrons. The number of likely N-dealkylation sites (tertiary alicyclic amines) is 1. The molecular formula is C22H35N3O3. The molecule has 6 nitrogen and oxygen atoms in total. The third-order valence-corrected chi connectivity index (χ3v) is 7.03. The van der Waals surface area contributed by atoms with Gasteiger partial charge < -0.3 is 14.6 Å². The summed E-state index contributed by atoms with van der Waals surface area (Å²) in [5, 5.41) is 3.32. The van der Waals surface area contributed by atoms with Gasteiger partial charge in [0.2, 0.25) is 5.91 Å². The lowest BCUT2D eigenvalue weighted by molar-refractivity contribution is -0.127. The van der Waals surface area contributed by atoms with Crippen LogP contribution >= 0.6 is 0 Å². The summed E-state index contributed by atoms with van der Waals surface area (Å²) in [6, 6.07) is 4.16. The molecule has 0 aromatic carbocycles. The van der Waals surface area contributed by atoms with Gasteiger partial charge in [-0.15, -0.1) is 0 Å². The largest absolute Gasteiger partial charge is 0.464 e. The Hall–Kier alpha value is -1.82. The monoisotopic (exact) mass is 389 g/mol. The lowest BCUT2D eigenvalue weighted by Crippen LogP contribution is -2.53. The van der Waals surface area contributed by atoms with Gasteiger partial charge in [-0.25, -0.2) is 4.79 Å². The van der Waals surface area contributed by atoms with Crippen molar-refractivity contribution < 1.29 is 14.3 Å². The molecule has 1 aromatic rings. The van der Waals surface area contributed by atoms with Crippen molar-refractivity contribution in [1.29, 1.82) is 0 Å². The fraction of sp³-hybridized carbons (Fsp3) is 0.727. The Morgan fingerprint density at radius 3 is 2.57 bits per heavy atom. The predicted octanol–water partition coefficient (Wildman–Crippen LogP) is 3.24. The Labute approximate surface area is 168 Å². The van der Waals surface area contributed by atoms with E-state index in [9.17, 15) is 9.59 Å². The van der Waals surface area contributed by atoms with Crippen LogP contribution in [0.4, 0.5) is 0 Å². The first kappa shape index (κ1) is 20.9. The number of ether oxygens (including phenoxy) is 1. The second kappa shape index (κ2) is 9.12. The second-order valence-electron chi connectivity index (χ2n) is 8.62. The maximum Gasteiger partial charge on any atom is 0.354 e. The van der Waals surface area contributed by atoms with E-state index in [4.69, 9.17) is 4.74 Å². The number of amides is 1. The summed E-state index contributed by atoms with van der Waals surface area (Å²) in [4.78, 5) is 27.0. The van der Waals surface area contributed by atoms with Crippen LogP contribution in [0.15, 0.2) is 18.3 Å². The molecule has 0 bridgehead atoms. The van der Waals surface area contributed by atoms with Crippen LogP contribution < -0.4 is 5.32 Å². The molecule has 2 aliphatic rings. The molecule has 1 saturated carbocycles. The van der Waals surface area contributed by atoms with Crippen LogP contribution in [0.1, 0.15) is 69.4 Å². The summed E-state index contributed by atoms with van der Waals surface area (Å²) >= 11 is 0. The standard InChI is InChI=1S/C22H35N3O3/c1-15-7-5-8-19(16(15)2)23-21(26)17(3)24-13-10-18(11-14-24)25-12-6-9-20(25)22(27)28-4/h6,9,12,15-19H,5,7-8,10-11,13-14H2,1-4H3,(H,23,26)/t15-,16-,17-,19-/m1/s1. The summed E-state index contributed by atoms with van der Waals surface area (Å²) < 4.78 is 6.91. The number of carbonyl (C=O) groups excluding carboxylic acids is 2. The van der Waals surface area contributed by atoms with E-state index >= 15 is 0 Å². The first-order chi connectivity index (χ1) is 13.4. The Morgan fingerprint density at radius 1 is 1.18 bits per heavy atom. The Bertz CT molecular complexity index is 678. The molecule has 2 heterocycles. The molecule has 2 fully saturated rings. The number of aromatic nitrogens is 1. The Morgan fingerprint density at radius 2 is 1.89 bits per heavy atom. The van der Waals surface area contributed by atoms with Crippen molar-refractivity contribution in [3.63, 3.8) is 0 Å². The van der Waals surface area contributed by atoms with E-state index in [1.54, 1.807) is 6.07 Å². The van der Waals surface area contributed by atoms with E-state index in [0.717, 1.165) is 32.4 Å². The van der Waals surface area contributed by atoms with Crippen molar-refractivity contribution in [2.75, 3.05) is 20.2 Å². The molecule has 0 spiro atoms. The minimum atomic E-state index is -0.295. The quantitative estimate of drug-likeness (QED) is 0.786. The SMILES string of the molecule is COC(=O)c1cccn1C1CCN([C@H](C)C(=O)N[C@@H]2CCC[C@@H](C)[C@H]2C)CC1. The van der Waals surface area contributed by atoms with Gasteiger partial charge in [0.05, 0.1) is 13.2 Å². The smallest absolute Gasteiger partial charge is 0.354 e. The summed E-state index contributed by atoms with van der Waals surface area (Å²) in [6.07, 6.45) is 7.36.